The summed E-state index contributed by atoms with van der Waals surface area (Å²) in [5, 5.41) is 0. The number of fused-ring (bicyclic) bond motifs is 1. The lowest BCUT2D eigenvalue weighted by atomic mass is 10.3. The van der Waals surface area contributed by atoms with Crippen LogP contribution in [-0.2, 0) is 9.53 Å². The summed E-state index contributed by atoms with van der Waals surface area (Å²) in [6.07, 6.45) is 3.47. The Hall–Kier alpha value is -0.630. The third-order valence-corrected chi connectivity index (χ3v) is 1.26. The van der Waals surface area contributed by atoms with E-state index in [-0.39, 0.29) is 18.0 Å². The molecule has 2 rings (SSSR count). The molecule has 0 saturated carbocycles. The van der Waals surface area contributed by atoms with Gasteiger partial charge in [0.15, 0.2) is 11.9 Å². The van der Waals surface area contributed by atoms with Crippen molar-refractivity contribution >= 4 is 5.78 Å². The van der Waals surface area contributed by atoms with Crippen LogP contribution in [0.25, 0.3) is 0 Å². The van der Waals surface area contributed by atoms with Crippen molar-refractivity contribution in [3.8, 4) is 0 Å². The van der Waals surface area contributed by atoms with Crippen molar-refractivity contribution in [2.45, 2.75) is 12.2 Å². The topological polar surface area (TPSA) is 29.6 Å². The van der Waals surface area contributed by atoms with Gasteiger partial charge in [-0.25, -0.2) is 0 Å². The fourth-order valence-electron chi connectivity index (χ4n) is 0.784. The number of hydrogen-bond acceptors (Lipinski definition) is 2. The first-order valence-electron chi connectivity index (χ1n) is 2.25. The minimum Gasteiger partial charge on any atom is -0.356 e. The molecule has 0 aromatic rings. The third-order valence-electron chi connectivity index (χ3n) is 1.26. The second-order valence-corrected chi connectivity index (χ2v) is 1.78. The summed E-state index contributed by atoms with van der Waals surface area (Å²) >= 11 is 0. The molecular weight excluding hydrogens is 92.1 g/mol. The molecule has 2 nitrogen and oxygen atoms in total. The van der Waals surface area contributed by atoms with Gasteiger partial charge in [0.25, 0.3) is 0 Å². The van der Waals surface area contributed by atoms with E-state index in [2.05, 4.69) is 0 Å². The van der Waals surface area contributed by atoms with Crippen molar-refractivity contribution in [2.24, 2.45) is 0 Å². The maximum atomic E-state index is 10.4. The van der Waals surface area contributed by atoms with E-state index in [0.717, 1.165) is 0 Å². The van der Waals surface area contributed by atoms with Crippen LogP contribution in [0.5, 0.6) is 0 Å². The van der Waals surface area contributed by atoms with Crippen LogP contribution in [0.1, 0.15) is 0 Å². The summed E-state index contributed by atoms with van der Waals surface area (Å²) in [6, 6.07) is 0. The van der Waals surface area contributed by atoms with Crippen LogP contribution in [0.4, 0.5) is 0 Å². The second kappa shape index (κ2) is 0.793. The van der Waals surface area contributed by atoms with Crippen molar-refractivity contribution in [1.29, 1.82) is 0 Å². The lowest BCUT2D eigenvalue weighted by Gasteiger charge is -1.73. The van der Waals surface area contributed by atoms with Gasteiger partial charge in [0.1, 0.15) is 6.10 Å². The highest BCUT2D eigenvalue weighted by Crippen LogP contribution is 2.29. The van der Waals surface area contributed by atoms with Gasteiger partial charge in [-0.15, -0.1) is 0 Å². The Bertz CT molecular complexity index is 148. The van der Waals surface area contributed by atoms with Crippen molar-refractivity contribution in [3.05, 3.63) is 12.2 Å². The number of ether oxygens (including phenoxy) is 1. The molecule has 1 fully saturated rings. The Balaban J connectivity index is 2.37. The van der Waals surface area contributed by atoms with Crippen LogP contribution in [0.2, 0.25) is 0 Å². The van der Waals surface area contributed by atoms with Crippen LogP contribution in [0, 0.1) is 0 Å². The first-order chi connectivity index (χ1) is 3.38. The van der Waals surface area contributed by atoms with E-state index in [9.17, 15) is 4.79 Å². The van der Waals surface area contributed by atoms with Crippen LogP contribution >= 0.6 is 0 Å². The fraction of sp³-hybridized carbons (Fsp3) is 0.400. The van der Waals surface area contributed by atoms with Gasteiger partial charge in [0, 0.05) is 0 Å². The first kappa shape index (κ1) is 3.38. The maximum absolute atomic E-state index is 10.4. The summed E-state index contributed by atoms with van der Waals surface area (Å²) in [5.74, 6) is 0.130. The smallest absolute Gasteiger partial charge is 0.187 e. The summed E-state index contributed by atoms with van der Waals surface area (Å²) in [4.78, 5) is 10.4. The number of epoxide rings is 1. The molecule has 36 valence electrons. The highest BCUT2D eigenvalue weighted by molar-refractivity contribution is 5.99. The molecular formula is C5H4O2. The van der Waals surface area contributed by atoms with Gasteiger partial charge in [-0.05, 0) is 12.2 Å². The van der Waals surface area contributed by atoms with Gasteiger partial charge >= 0.3 is 0 Å². The second-order valence-electron chi connectivity index (χ2n) is 1.78. The van der Waals surface area contributed by atoms with E-state index >= 15 is 0 Å². The molecule has 0 aromatic carbocycles. The van der Waals surface area contributed by atoms with Crippen molar-refractivity contribution in [1.82, 2.24) is 0 Å². The Labute approximate surface area is 40.8 Å². The van der Waals surface area contributed by atoms with E-state index in [1.165, 1.54) is 0 Å². The predicted molar refractivity (Wildman–Crippen MR) is 22.8 cm³/mol. The zero-order valence-electron chi connectivity index (χ0n) is 3.63. The molecule has 1 aliphatic carbocycles. The highest BCUT2D eigenvalue weighted by Gasteiger charge is 2.45. The van der Waals surface area contributed by atoms with Gasteiger partial charge in [0.2, 0.25) is 0 Å². The molecule has 0 bridgehead atoms. The standard InChI is InChI=1S/C5H4O2/c6-3-1-2-4-5(3)7-4/h1-2,4-5H/t4-,5+/m1/s1. The predicted octanol–water partition coefficient (Wildman–Crippen LogP) is -0.107. The van der Waals surface area contributed by atoms with Gasteiger partial charge in [-0.2, -0.15) is 0 Å². The largest absolute Gasteiger partial charge is 0.356 e. The van der Waals surface area contributed by atoms with Crippen molar-refractivity contribution in [3.63, 3.8) is 0 Å². The van der Waals surface area contributed by atoms with Crippen LogP contribution in [0.15, 0.2) is 12.2 Å². The number of rotatable bonds is 0. The third kappa shape index (κ3) is 0.295. The van der Waals surface area contributed by atoms with Crippen molar-refractivity contribution < 1.29 is 9.53 Å². The normalized spacial score (nSPS) is 44.3. The van der Waals surface area contributed by atoms with Gasteiger partial charge in [0.05, 0.1) is 0 Å². The number of carbonyl (C=O) groups excluding carboxylic acids is 1. The van der Waals surface area contributed by atoms with Gasteiger partial charge < -0.3 is 4.74 Å². The first-order valence-corrected chi connectivity index (χ1v) is 2.25. The summed E-state index contributed by atoms with van der Waals surface area (Å²) in [7, 11) is 0. The average molecular weight is 96.1 g/mol. The van der Waals surface area contributed by atoms with Crippen LogP contribution < -0.4 is 0 Å². The van der Waals surface area contributed by atoms with Crippen molar-refractivity contribution in [2.75, 3.05) is 0 Å². The molecule has 1 saturated heterocycles. The molecule has 1 heterocycles. The van der Waals surface area contributed by atoms with E-state index in [1.807, 2.05) is 0 Å². The SMILES string of the molecule is O=C1C=C[C@H]2O[C@@H]12. The Morgan fingerprint density at radius 3 is 2.71 bits per heavy atom. The Morgan fingerprint density at radius 1 is 1.71 bits per heavy atom. The molecule has 0 amide bonds. The summed E-state index contributed by atoms with van der Waals surface area (Å²) < 4.78 is 4.83. The van der Waals surface area contributed by atoms with Crippen LogP contribution in [-0.4, -0.2) is 18.0 Å². The molecule has 0 N–H and O–H groups in total. The van der Waals surface area contributed by atoms with Gasteiger partial charge in [-0.3, -0.25) is 4.79 Å². The molecule has 0 aromatic heterocycles. The molecule has 2 atom stereocenters. The van der Waals surface area contributed by atoms with Crippen LogP contribution in [0.3, 0.4) is 0 Å². The summed E-state index contributed by atoms with van der Waals surface area (Å²) in [6.45, 7) is 0. The number of carbonyl (C=O) groups is 1. The zero-order chi connectivity index (χ0) is 4.85. The summed E-state index contributed by atoms with van der Waals surface area (Å²) in [5.41, 5.74) is 0. The number of hydrogen-bond donors (Lipinski definition) is 0. The molecule has 1 aliphatic heterocycles. The molecule has 0 spiro atoms. The number of ketones is 1. The zero-order valence-corrected chi connectivity index (χ0v) is 3.63. The Morgan fingerprint density at radius 2 is 2.57 bits per heavy atom. The van der Waals surface area contributed by atoms with E-state index in [0.29, 0.717) is 0 Å². The minimum atomic E-state index is -0.0694. The van der Waals surface area contributed by atoms with E-state index in [4.69, 9.17) is 4.74 Å². The maximum Gasteiger partial charge on any atom is 0.187 e. The fourth-order valence-corrected chi connectivity index (χ4v) is 0.784. The highest BCUT2D eigenvalue weighted by atomic mass is 16.6. The molecule has 7 heavy (non-hydrogen) atoms. The minimum absolute atomic E-state index is 0.0694. The monoisotopic (exact) mass is 96.0 g/mol. The molecule has 2 heteroatoms. The molecule has 0 unspecified atom stereocenters. The van der Waals surface area contributed by atoms with E-state index in [1.54, 1.807) is 12.2 Å². The average Bonchev–Trinajstić information content (AvgIpc) is 2.33. The lowest BCUT2D eigenvalue weighted by molar-refractivity contribution is -0.115. The molecule has 0 radical (unpaired) electrons. The lowest BCUT2D eigenvalue weighted by Crippen LogP contribution is -1.97. The van der Waals surface area contributed by atoms with Gasteiger partial charge in [-0.1, -0.05) is 0 Å². The van der Waals surface area contributed by atoms with E-state index < -0.39 is 0 Å². The quantitative estimate of drug-likeness (QED) is 0.394. The molecule has 2 aliphatic rings. The Kier molecular flexibility index (Phi) is 0.383.